The van der Waals surface area contributed by atoms with Crippen molar-refractivity contribution in [2.45, 2.75) is 6.92 Å². The molecular weight excluding hydrogens is 242 g/mol. The van der Waals surface area contributed by atoms with Gasteiger partial charge in [-0.3, -0.25) is 0 Å². The predicted molar refractivity (Wildman–Crippen MR) is 61.0 cm³/mol. The summed E-state index contributed by atoms with van der Waals surface area (Å²) in [4.78, 5) is 7.87. The number of halogens is 2. The molecule has 0 amide bonds. The molecule has 94 valence electrons. The van der Waals surface area contributed by atoms with E-state index in [1.165, 1.54) is 18.2 Å². The first kappa shape index (κ1) is 12.2. The van der Waals surface area contributed by atoms with Crippen LogP contribution in [0.25, 0.3) is 0 Å². The number of nitrogens with two attached hydrogens (primary N) is 1. The molecule has 1 heterocycles. The second-order valence-electron chi connectivity index (χ2n) is 3.44. The third kappa shape index (κ3) is 2.51. The molecule has 0 radical (unpaired) electrons. The van der Waals surface area contributed by atoms with E-state index < -0.39 is 11.6 Å². The van der Waals surface area contributed by atoms with Crippen LogP contribution >= 0.6 is 0 Å². The number of hydrogen-bond acceptors (Lipinski definition) is 5. The molecule has 18 heavy (non-hydrogen) atoms. The standard InChI is InChI=1S/C11H10F2N4O/c1-6-15-9(17-14)5-10(16-6)18-8-4-2-3-7(12)11(8)13/h2-5H,14H2,1H3,(H,15,16,17). The van der Waals surface area contributed by atoms with E-state index in [2.05, 4.69) is 15.4 Å². The highest BCUT2D eigenvalue weighted by Gasteiger charge is 2.11. The summed E-state index contributed by atoms with van der Waals surface area (Å²) in [5.41, 5.74) is 2.32. The summed E-state index contributed by atoms with van der Waals surface area (Å²) < 4.78 is 31.5. The van der Waals surface area contributed by atoms with Crippen LogP contribution in [0.1, 0.15) is 5.82 Å². The highest BCUT2D eigenvalue weighted by molar-refractivity contribution is 5.39. The van der Waals surface area contributed by atoms with Crippen molar-refractivity contribution in [3.05, 3.63) is 41.7 Å². The van der Waals surface area contributed by atoms with Crippen molar-refractivity contribution >= 4 is 5.82 Å². The van der Waals surface area contributed by atoms with Gasteiger partial charge >= 0.3 is 0 Å². The van der Waals surface area contributed by atoms with Crippen LogP contribution in [0.5, 0.6) is 11.6 Å². The van der Waals surface area contributed by atoms with Crippen LogP contribution in [0, 0.1) is 18.6 Å². The zero-order valence-corrected chi connectivity index (χ0v) is 9.45. The van der Waals surface area contributed by atoms with Crippen molar-refractivity contribution in [2.75, 3.05) is 5.43 Å². The number of hydrogen-bond donors (Lipinski definition) is 2. The van der Waals surface area contributed by atoms with Crippen molar-refractivity contribution < 1.29 is 13.5 Å². The molecule has 2 aromatic rings. The van der Waals surface area contributed by atoms with Crippen LogP contribution in [-0.4, -0.2) is 9.97 Å². The summed E-state index contributed by atoms with van der Waals surface area (Å²) >= 11 is 0. The number of nitrogens with one attached hydrogen (secondary N) is 1. The highest BCUT2D eigenvalue weighted by atomic mass is 19.2. The summed E-state index contributed by atoms with van der Waals surface area (Å²) in [6.45, 7) is 1.62. The first-order valence-corrected chi connectivity index (χ1v) is 5.04. The average molecular weight is 252 g/mol. The maximum Gasteiger partial charge on any atom is 0.224 e. The van der Waals surface area contributed by atoms with Crippen LogP contribution in [-0.2, 0) is 0 Å². The van der Waals surface area contributed by atoms with Gasteiger partial charge in [0.1, 0.15) is 11.6 Å². The van der Waals surface area contributed by atoms with Gasteiger partial charge in [0, 0.05) is 6.07 Å². The predicted octanol–water partition coefficient (Wildman–Crippen LogP) is 2.14. The molecule has 7 heteroatoms. The van der Waals surface area contributed by atoms with E-state index in [-0.39, 0.29) is 11.6 Å². The van der Waals surface area contributed by atoms with E-state index in [1.54, 1.807) is 6.92 Å². The quantitative estimate of drug-likeness (QED) is 0.646. The van der Waals surface area contributed by atoms with Crippen molar-refractivity contribution in [1.82, 2.24) is 9.97 Å². The minimum absolute atomic E-state index is 0.0694. The molecule has 0 aliphatic carbocycles. The van der Waals surface area contributed by atoms with Gasteiger partial charge < -0.3 is 10.2 Å². The molecule has 0 spiro atoms. The fourth-order valence-corrected chi connectivity index (χ4v) is 1.34. The molecule has 0 saturated heterocycles. The summed E-state index contributed by atoms with van der Waals surface area (Å²) in [6, 6.07) is 5.01. The molecule has 0 bridgehead atoms. The normalized spacial score (nSPS) is 10.2. The molecule has 0 saturated carbocycles. The Bertz CT molecular complexity index is 577. The summed E-state index contributed by atoms with van der Waals surface area (Å²) in [6.07, 6.45) is 0. The van der Waals surface area contributed by atoms with Gasteiger partial charge in [0.2, 0.25) is 11.7 Å². The Hall–Kier alpha value is -2.28. The van der Waals surface area contributed by atoms with E-state index in [0.29, 0.717) is 11.6 Å². The summed E-state index contributed by atoms with van der Waals surface area (Å²) in [5.74, 6) is 3.66. The van der Waals surface area contributed by atoms with Crippen molar-refractivity contribution in [1.29, 1.82) is 0 Å². The Labute approximate surface area is 102 Å². The maximum atomic E-state index is 13.4. The molecule has 2 rings (SSSR count). The second-order valence-corrected chi connectivity index (χ2v) is 3.44. The third-order valence-electron chi connectivity index (χ3n) is 2.09. The Morgan fingerprint density at radius 2 is 2.06 bits per heavy atom. The minimum Gasteiger partial charge on any atom is -0.436 e. The van der Waals surface area contributed by atoms with E-state index in [9.17, 15) is 8.78 Å². The van der Waals surface area contributed by atoms with Crippen molar-refractivity contribution in [2.24, 2.45) is 5.84 Å². The summed E-state index contributed by atoms with van der Waals surface area (Å²) in [7, 11) is 0. The van der Waals surface area contributed by atoms with Crippen LogP contribution in [0.15, 0.2) is 24.3 Å². The number of rotatable bonds is 3. The lowest BCUT2D eigenvalue weighted by Gasteiger charge is -2.08. The molecule has 0 unspecified atom stereocenters. The van der Waals surface area contributed by atoms with Crippen LogP contribution < -0.4 is 16.0 Å². The number of aromatic nitrogens is 2. The molecule has 3 N–H and O–H groups in total. The number of hydrazine groups is 1. The van der Waals surface area contributed by atoms with Gasteiger partial charge in [-0.05, 0) is 19.1 Å². The Balaban J connectivity index is 2.34. The van der Waals surface area contributed by atoms with Crippen molar-refractivity contribution in [3.63, 3.8) is 0 Å². The number of nitrogens with zero attached hydrogens (tertiary/aromatic N) is 2. The zero-order chi connectivity index (χ0) is 13.1. The molecule has 0 aliphatic heterocycles. The van der Waals surface area contributed by atoms with E-state index >= 15 is 0 Å². The summed E-state index contributed by atoms with van der Waals surface area (Å²) in [5, 5.41) is 0. The molecule has 5 nitrogen and oxygen atoms in total. The lowest BCUT2D eigenvalue weighted by molar-refractivity contribution is 0.404. The average Bonchev–Trinajstić information content (AvgIpc) is 2.34. The van der Waals surface area contributed by atoms with Crippen LogP contribution in [0.3, 0.4) is 0 Å². The first-order valence-electron chi connectivity index (χ1n) is 5.04. The lowest BCUT2D eigenvalue weighted by Crippen LogP contribution is -2.10. The Morgan fingerprint density at radius 3 is 2.78 bits per heavy atom. The minimum atomic E-state index is -1.07. The van der Waals surface area contributed by atoms with E-state index in [4.69, 9.17) is 10.6 Å². The van der Waals surface area contributed by atoms with Gasteiger partial charge in [0.05, 0.1) is 0 Å². The zero-order valence-electron chi connectivity index (χ0n) is 9.45. The van der Waals surface area contributed by atoms with E-state index in [1.807, 2.05) is 0 Å². The fourth-order valence-electron chi connectivity index (χ4n) is 1.34. The maximum absolute atomic E-state index is 13.4. The Morgan fingerprint density at radius 1 is 1.28 bits per heavy atom. The largest absolute Gasteiger partial charge is 0.436 e. The molecule has 0 atom stereocenters. The van der Waals surface area contributed by atoms with Gasteiger partial charge in [0.15, 0.2) is 11.6 Å². The molecule has 1 aromatic heterocycles. The number of nitrogen functional groups attached to an aromatic ring is 1. The van der Waals surface area contributed by atoms with E-state index in [0.717, 1.165) is 6.07 Å². The number of ether oxygens (including phenoxy) is 1. The van der Waals surface area contributed by atoms with Gasteiger partial charge in [-0.2, -0.15) is 9.37 Å². The first-order chi connectivity index (χ1) is 8.60. The lowest BCUT2D eigenvalue weighted by atomic mass is 10.3. The smallest absolute Gasteiger partial charge is 0.224 e. The van der Waals surface area contributed by atoms with Gasteiger partial charge in [-0.1, -0.05) is 6.07 Å². The van der Waals surface area contributed by atoms with Gasteiger partial charge in [0.25, 0.3) is 0 Å². The molecular formula is C11H10F2N4O. The molecule has 0 aliphatic rings. The third-order valence-corrected chi connectivity index (χ3v) is 2.09. The number of benzene rings is 1. The highest BCUT2D eigenvalue weighted by Crippen LogP contribution is 2.25. The van der Waals surface area contributed by atoms with Crippen molar-refractivity contribution in [3.8, 4) is 11.6 Å². The molecule has 1 aromatic carbocycles. The Kier molecular flexibility index (Phi) is 3.33. The number of anilines is 1. The fraction of sp³-hybridized carbons (Fsp3) is 0.0909. The molecule has 0 fully saturated rings. The topological polar surface area (TPSA) is 73.1 Å². The monoisotopic (exact) mass is 252 g/mol. The van der Waals surface area contributed by atoms with Gasteiger partial charge in [-0.15, -0.1) is 0 Å². The van der Waals surface area contributed by atoms with Crippen LogP contribution in [0.2, 0.25) is 0 Å². The van der Waals surface area contributed by atoms with Crippen LogP contribution in [0.4, 0.5) is 14.6 Å². The van der Waals surface area contributed by atoms with Gasteiger partial charge in [-0.25, -0.2) is 15.2 Å². The SMILES string of the molecule is Cc1nc(NN)cc(Oc2cccc(F)c2F)n1. The second kappa shape index (κ2) is 4.92. The number of aryl methyl sites for hydroxylation is 1.